The van der Waals surface area contributed by atoms with Gasteiger partial charge in [-0.3, -0.25) is 9.89 Å². The van der Waals surface area contributed by atoms with Crippen molar-refractivity contribution in [2.75, 3.05) is 39.8 Å². The SMILES string of the molecule is CN=C(NCc1ncc(C)s1)NCC1CN(CC(C)C)CCO1.I. The molecule has 0 radical (unpaired) electrons. The molecule has 0 amide bonds. The normalized spacial score (nSPS) is 19.2. The van der Waals surface area contributed by atoms with E-state index in [4.69, 9.17) is 4.74 Å². The summed E-state index contributed by atoms with van der Waals surface area (Å²) in [6.45, 7) is 12.0. The number of guanidine groups is 1. The second kappa shape index (κ2) is 11.2. The van der Waals surface area contributed by atoms with Gasteiger partial charge in [0.05, 0.1) is 19.3 Å². The summed E-state index contributed by atoms with van der Waals surface area (Å²) in [5.74, 6) is 1.49. The minimum atomic E-state index is 0. The van der Waals surface area contributed by atoms with Crippen molar-refractivity contribution in [3.8, 4) is 0 Å². The van der Waals surface area contributed by atoms with Crippen molar-refractivity contribution in [3.05, 3.63) is 16.1 Å². The van der Waals surface area contributed by atoms with Crippen molar-refractivity contribution in [3.63, 3.8) is 0 Å². The number of hydrogen-bond acceptors (Lipinski definition) is 5. The number of halogens is 1. The van der Waals surface area contributed by atoms with Crippen LogP contribution in [0.4, 0.5) is 0 Å². The largest absolute Gasteiger partial charge is 0.374 e. The van der Waals surface area contributed by atoms with E-state index in [1.54, 1.807) is 18.4 Å². The van der Waals surface area contributed by atoms with Crippen LogP contribution in [-0.2, 0) is 11.3 Å². The van der Waals surface area contributed by atoms with Gasteiger partial charge in [-0.05, 0) is 12.8 Å². The van der Waals surface area contributed by atoms with Gasteiger partial charge in [0.1, 0.15) is 5.01 Å². The lowest BCUT2D eigenvalue weighted by atomic mass is 10.2. The summed E-state index contributed by atoms with van der Waals surface area (Å²) in [5.41, 5.74) is 0. The highest BCUT2D eigenvalue weighted by Crippen LogP contribution is 2.10. The van der Waals surface area contributed by atoms with Crippen LogP contribution in [0.25, 0.3) is 0 Å². The van der Waals surface area contributed by atoms with E-state index in [2.05, 4.69) is 46.3 Å². The summed E-state index contributed by atoms with van der Waals surface area (Å²) >= 11 is 1.70. The van der Waals surface area contributed by atoms with Gasteiger partial charge in [0.25, 0.3) is 0 Å². The zero-order valence-electron chi connectivity index (χ0n) is 15.0. The number of nitrogens with one attached hydrogen (secondary N) is 2. The number of ether oxygens (including phenoxy) is 1. The molecule has 138 valence electrons. The molecule has 0 aliphatic carbocycles. The average molecular weight is 467 g/mol. The Morgan fingerprint density at radius 2 is 2.29 bits per heavy atom. The van der Waals surface area contributed by atoms with Gasteiger partial charge in [0.15, 0.2) is 5.96 Å². The molecule has 0 aromatic carbocycles. The molecule has 1 aliphatic heterocycles. The number of aliphatic imine (C=N–C) groups is 1. The van der Waals surface area contributed by atoms with Crippen LogP contribution in [0.15, 0.2) is 11.2 Å². The first-order valence-electron chi connectivity index (χ1n) is 8.26. The molecule has 1 atom stereocenters. The number of aromatic nitrogens is 1. The molecule has 1 unspecified atom stereocenters. The average Bonchev–Trinajstić information content (AvgIpc) is 2.93. The number of hydrogen-bond donors (Lipinski definition) is 2. The minimum absolute atomic E-state index is 0. The lowest BCUT2D eigenvalue weighted by Gasteiger charge is -2.34. The maximum atomic E-state index is 5.85. The Labute approximate surface area is 166 Å². The number of rotatable bonds is 6. The van der Waals surface area contributed by atoms with Crippen LogP contribution in [0.2, 0.25) is 0 Å². The van der Waals surface area contributed by atoms with Crippen molar-refractivity contribution in [2.24, 2.45) is 10.9 Å². The van der Waals surface area contributed by atoms with E-state index < -0.39 is 0 Å². The van der Waals surface area contributed by atoms with Gasteiger partial charge in [-0.1, -0.05) is 13.8 Å². The van der Waals surface area contributed by atoms with Gasteiger partial charge in [0.2, 0.25) is 0 Å². The Bertz CT molecular complexity index is 508. The van der Waals surface area contributed by atoms with Gasteiger partial charge in [-0.2, -0.15) is 0 Å². The molecule has 0 spiro atoms. The second-order valence-corrected chi connectivity index (χ2v) is 7.64. The lowest BCUT2D eigenvalue weighted by molar-refractivity contribution is -0.0284. The number of aryl methyl sites for hydroxylation is 1. The van der Waals surface area contributed by atoms with Crippen molar-refractivity contribution in [2.45, 2.75) is 33.4 Å². The zero-order chi connectivity index (χ0) is 16.7. The fourth-order valence-corrected chi connectivity index (χ4v) is 3.39. The molecular weight excluding hydrogens is 437 g/mol. The van der Waals surface area contributed by atoms with Gasteiger partial charge in [-0.25, -0.2) is 4.98 Å². The quantitative estimate of drug-likeness (QED) is 0.381. The first-order chi connectivity index (χ1) is 11.1. The van der Waals surface area contributed by atoms with E-state index in [-0.39, 0.29) is 30.1 Å². The third-order valence-electron chi connectivity index (χ3n) is 3.64. The molecule has 2 N–H and O–H groups in total. The van der Waals surface area contributed by atoms with Crippen LogP contribution in [0.3, 0.4) is 0 Å². The Balaban J connectivity index is 0.00000288. The number of nitrogens with zero attached hydrogens (tertiary/aromatic N) is 3. The molecule has 6 nitrogen and oxygen atoms in total. The van der Waals surface area contributed by atoms with E-state index in [1.165, 1.54) is 4.88 Å². The van der Waals surface area contributed by atoms with Gasteiger partial charge >= 0.3 is 0 Å². The first-order valence-corrected chi connectivity index (χ1v) is 9.08. The highest BCUT2D eigenvalue weighted by molar-refractivity contribution is 14.0. The van der Waals surface area contributed by atoms with Gasteiger partial charge in [0, 0.05) is 44.3 Å². The Hall–Kier alpha value is -0.450. The number of morpholine rings is 1. The van der Waals surface area contributed by atoms with E-state index in [9.17, 15) is 0 Å². The molecular formula is C16H30IN5OS. The molecule has 1 saturated heterocycles. The van der Waals surface area contributed by atoms with E-state index >= 15 is 0 Å². The summed E-state index contributed by atoms with van der Waals surface area (Å²) in [5, 5.41) is 7.73. The summed E-state index contributed by atoms with van der Waals surface area (Å²) in [4.78, 5) is 12.3. The summed E-state index contributed by atoms with van der Waals surface area (Å²) in [7, 11) is 1.79. The van der Waals surface area contributed by atoms with Crippen LogP contribution < -0.4 is 10.6 Å². The minimum Gasteiger partial charge on any atom is -0.374 e. The van der Waals surface area contributed by atoms with Crippen molar-refractivity contribution in [1.82, 2.24) is 20.5 Å². The van der Waals surface area contributed by atoms with E-state index in [0.717, 1.165) is 43.8 Å². The highest BCUT2D eigenvalue weighted by atomic mass is 127. The van der Waals surface area contributed by atoms with Crippen LogP contribution in [0, 0.1) is 12.8 Å². The Morgan fingerprint density at radius 3 is 2.92 bits per heavy atom. The summed E-state index contributed by atoms with van der Waals surface area (Å²) < 4.78 is 5.85. The van der Waals surface area contributed by atoms with Crippen LogP contribution in [-0.4, -0.2) is 61.8 Å². The molecule has 1 aliphatic rings. The fourth-order valence-electron chi connectivity index (χ4n) is 2.66. The van der Waals surface area contributed by atoms with E-state index in [0.29, 0.717) is 12.5 Å². The summed E-state index contributed by atoms with van der Waals surface area (Å²) in [6.07, 6.45) is 2.11. The molecule has 2 heterocycles. The van der Waals surface area contributed by atoms with Crippen molar-refractivity contribution < 1.29 is 4.74 Å². The first kappa shape index (κ1) is 21.6. The fraction of sp³-hybridized carbons (Fsp3) is 0.750. The second-order valence-electron chi connectivity index (χ2n) is 6.32. The Kier molecular flexibility index (Phi) is 10.1. The molecule has 24 heavy (non-hydrogen) atoms. The van der Waals surface area contributed by atoms with Crippen LogP contribution in [0.5, 0.6) is 0 Å². The van der Waals surface area contributed by atoms with Gasteiger partial charge in [-0.15, -0.1) is 35.3 Å². The maximum absolute atomic E-state index is 5.85. The van der Waals surface area contributed by atoms with Crippen molar-refractivity contribution in [1.29, 1.82) is 0 Å². The smallest absolute Gasteiger partial charge is 0.191 e. The predicted octanol–water partition coefficient (Wildman–Crippen LogP) is 2.09. The lowest BCUT2D eigenvalue weighted by Crippen LogP contribution is -2.50. The molecule has 1 fully saturated rings. The molecule has 1 aromatic heterocycles. The highest BCUT2D eigenvalue weighted by Gasteiger charge is 2.21. The Morgan fingerprint density at radius 1 is 1.50 bits per heavy atom. The van der Waals surface area contributed by atoms with Crippen molar-refractivity contribution >= 4 is 41.3 Å². The topological polar surface area (TPSA) is 61.8 Å². The molecule has 0 bridgehead atoms. The summed E-state index contributed by atoms with van der Waals surface area (Å²) in [6, 6.07) is 0. The molecule has 8 heteroatoms. The standard InChI is InChI=1S/C16H29N5OS.HI/c1-12(2)10-21-5-6-22-14(11-21)8-19-16(17-4)20-9-15-18-7-13(3)23-15;/h7,12,14H,5-6,8-11H2,1-4H3,(H2,17,19,20);1H. The number of thiazole rings is 1. The van der Waals surface area contributed by atoms with E-state index in [1.807, 2.05) is 6.20 Å². The molecule has 1 aromatic rings. The van der Waals surface area contributed by atoms with Crippen LogP contribution >= 0.6 is 35.3 Å². The monoisotopic (exact) mass is 467 g/mol. The third kappa shape index (κ3) is 7.62. The zero-order valence-corrected chi connectivity index (χ0v) is 18.2. The third-order valence-corrected chi connectivity index (χ3v) is 4.56. The predicted molar refractivity (Wildman–Crippen MR) is 111 cm³/mol. The molecule has 0 saturated carbocycles. The maximum Gasteiger partial charge on any atom is 0.191 e. The van der Waals surface area contributed by atoms with Gasteiger partial charge < -0.3 is 15.4 Å². The molecule has 2 rings (SSSR count). The van der Waals surface area contributed by atoms with Crippen LogP contribution in [0.1, 0.15) is 23.7 Å².